The van der Waals surface area contributed by atoms with Crippen molar-refractivity contribution in [2.75, 3.05) is 6.61 Å². The monoisotopic (exact) mass is 914 g/mol. The van der Waals surface area contributed by atoms with Crippen molar-refractivity contribution in [3.05, 3.63) is 36.5 Å². The Kier molecular flexibility index (Phi) is 54.0. The van der Waals surface area contributed by atoms with Gasteiger partial charge in [-0.2, -0.15) is 0 Å². The Bertz CT molecular complexity index is 1010. The summed E-state index contributed by atoms with van der Waals surface area (Å²) in [4.78, 5) is 12.5. The van der Waals surface area contributed by atoms with Gasteiger partial charge >= 0.3 is 0 Å². The van der Waals surface area contributed by atoms with Crippen molar-refractivity contribution >= 4 is 5.91 Å². The van der Waals surface area contributed by atoms with Gasteiger partial charge in [-0.25, -0.2) is 0 Å². The van der Waals surface area contributed by atoms with E-state index in [0.29, 0.717) is 6.42 Å². The Morgan fingerprint density at radius 3 is 0.985 bits per heavy atom. The van der Waals surface area contributed by atoms with Gasteiger partial charge in [-0.15, -0.1) is 0 Å². The molecule has 0 heterocycles. The molecule has 0 aromatic carbocycles. The second-order valence-corrected chi connectivity index (χ2v) is 20.2. The molecule has 65 heavy (non-hydrogen) atoms. The molecule has 1 amide bonds. The van der Waals surface area contributed by atoms with Crippen LogP contribution in [0, 0.1) is 0 Å². The molecule has 0 aromatic rings. The fourth-order valence-corrected chi connectivity index (χ4v) is 9.20. The molecule has 3 atom stereocenters. The van der Waals surface area contributed by atoms with E-state index in [2.05, 4.69) is 43.5 Å². The van der Waals surface area contributed by atoms with E-state index in [1.165, 1.54) is 250 Å². The lowest BCUT2D eigenvalue weighted by atomic mass is 10.0. The molecule has 0 saturated carbocycles. The van der Waals surface area contributed by atoms with Crippen LogP contribution in [0.1, 0.15) is 316 Å². The smallest absolute Gasteiger partial charge is 0.222 e. The fraction of sp³-hybridized carbons (Fsp3) is 0.883. The molecular weight excluding hydrogens is 799 g/mol. The molecule has 0 fully saturated rings. The molecule has 5 heteroatoms. The van der Waals surface area contributed by atoms with Crippen molar-refractivity contribution in [3.63, 3.8) is 0 Å². The average Bonchev–Trinajstić information content (AvgIpc) is 3.30. The minimum Gasteiger partial charge on any atom is -0.394 e. The Balaban J connectivity index is 3.51. The number of nitrogens with one attached hydrogen (secondary N) is 1. The SMILES string of the molecule is CCCCCCCCC/C=C/CC/C=C/CC/C=C/C(O)C(CO)NC(=O)CC(O)CCCCCCCCCCCCCCCCCCCCCCCCCCCCCCCCCCC. The zero-order chi connectivity index (χ0) is 47.2. The van der Waals surface area contributed by atoms with Gasteiger partial charge < -0.3 is 20.6 Å². The van der Waals surface area contributed by atoms with Crippen LogP contribution in [0.25, 0.3) is 0 Å². The topological polar surface area (TPSA) is 89.8 Å². The van der Waals surface area contributed by atoms with Gasteiger partial charge in [-0.3, -0.25) is 4.79 Å². The molecule has 0 aliphatic rings. The van der Waals surface area contributed by atoms with Crippen molar-refractivity contribution < 1.29 is 20.1 Å². The summed E-state index contributed by atoms with van der Waals surface area (Å²) >= 11 is 0. The summed E-state index contributed by atoms with van der Waals surface area (Å²) in [6.45, 7) is 4.22. The molecule has 5 nitrogen and oxygen atoms in total. The number of carbonyl (C=O) groups is 1. The van der Waals surface area contributed by atoms with E-state index in [9.17, 15) is 20.1 Å². The third kappa shape index (κ3) is 51.8. The zero-order valence-corrected chi connectivity index (χ0v) is 43.9. The maximum absolute atomic E-state index is 12.5. The molecule has 0 bridgehead atoms. The first-order chi connectivity index (χ1) is 32.0. The van der Waals surface area contributed by atoms with Crippen molar-refractivity contribution in [1.29, 1.82) is 0 Å². The highest BCUT2D eigenvalue weighted by Gasteiger charge is 2.20. The Morgan fingerprint density at radius 1 is 0.385 bits per heavy atom. The predicted molar refractivity (Wildman–Crippen MR) is 287 cm³/mol. The normalized spacial score (nSPS) is 13.5. The largest absolute Gasteiger partial charge is 0.394 e. The average molecular weight is 915 g/mol. The van der Waals surface area contributed by atoms with Crippen LogP contribution in [0.5, 0.6) is 0 Å². The first-order valence-corrected chi connectivity index (χ1v) is 29.3. The number of unbranched alkanes of at least 4 members (excludes halogenated alkanes) is 41. The molecule has 0 radical (unpaired) electrons. The van der Waals surface area contributed by atoms with Gasteiger partial charge in [0.1, 0.15) is 0 Å². The van der Waals surface area contributed by atoms with E-state index < -0.39 is 18.2 Å². The van der Waals surface area contributed by atoms with Crippen molar-refractivity contribution in [1.82, 2.24) is 5.32 Å². The summed E-state index contributed by atoms with van der Waals surface area (Å²) in [5.41, 5.74) is 0. The minimum absolute atomic E-state index is 0.00563. The Labute approximate surface area is 406 Å². The van der Waals surface area contributed by atoms with Crippen molar-refractivity contribution in [2.24, 2.45) is 0 Å². The highest BCUT2D eigenvalue weighted by Crippen LogP contribution is 2.18. The summed E-state index contributed by atoms with van der Waals surface area (Å²) < 4.78 is 0. The van der Waals surface area contributed by atoms with Gasteiger partial charge in [0, 0.05) is 0 Å². The lowest BCUT2D eigenvalue weighted by molar-refractivity contribution is -0.124. The van der Waals surface area contributed by atoms with Gasteiger partial charge in [0.2, 0.25) is 5.91 Å². The first kappa shape index (κ1) is 63.6. The number of hydrogen-bond acceptors (Lipinski definition) is 4. The molecule has 4 N–H and O–H groups in total. The molecule has 0 saturated heterocycles. The maximum atomic E-state index is 12.5. The standard InChI is InChI=1S/C60H115NO4/c1-3-5-7-9-11-13-15-17-19-21-22-23-24-25-26-27-28-29-30-31-32-33-34-35-36-38-39-41-43-45-47-49-51-53-57(63)55-60(65)61-58(56-62)59(64)54-52-50-48-46-44-42-40-37-20-18-16-14-12-10-8-6-4-2/h20,37,44,46,52,54,57-59,62-64H,3-19,21-36,38-43,45,47-51,53,55-56H2,1-2H3,(H,61,65)/b37-20+,46-44+,54-52+. The lowest BCUT2D eigenvalue weighted by Gasteiger charge is -2.21. The van der Waals surface area contributed by atoms with E-state index >= 15 is 0 Å². The number of aliphatic hydroxyl groups excluding tert-OH is 3. The van der Waals surface area contributed by atoms with E-state index in [4.69, 9.17) is 0 Å². The van der Waals surface area contributed by atoms with Crippen molar-refractivity contribution in [2.45, 2.75) is 334 Å². The van der Waals surface area contributed by atoms with E-state index in [1.807, 2.05) is 6.08 Å². The van der Waals surface area contributed by atoms with Gasteiger partial charge in [0.05, 0.1) is 31.3 Å². The summed E-state index contributed by atoms with van der Waals surface area (Å²) in [6, 6.07) is -0.766. The Hall–Kier alpha value is -1.43. The quantitative estimate of drug-likeness (QED) is 0.0361. The van der Waals surface area contributed by atoms with Crippen LogP contribution in [0.3, 0.4) is 0 Å². The summed E-state index contributed by atoms with van der Waals surface area (Å²) in [6.07, 6.45) is 72.1. The van der Waals surface area contributed by atoms with Crippen LogP contribution < -0.4 is 5.32 Å². The van der Waals surface area contributed by atoms with Gasteiger partial charge in [-0.1, -0.05) is 301 Å². The lowest BCUT2D eigenvalue weighted by Crippen LogP contribution is -2.45. The minimum atomic E-state index is -0.959. The number of allylic oxidation sites excluding steroid dienone is 5. The van der Waals surface area contributed by atoms with Crippen LogP contribution in [0.15, 0.2) is 36.5 Å². The number of rotatable bonds is 54. The zero-order valence-electron chi connectivity index (χ0n) is 43.9. The molecular formula is C60H115NO4. The van der Waals surface area contributed by atoms with Crippen LogP contribution in [0.4, 0.5) is 0 Å². The van der Waals surface area contributed by atoms with Gasteiger partial charge in [-0.05, 0) is 44.9 Å². The predicted octanol–water partition coefficient (Wildman–Crippen LogP) is 18.2. The molecule has 0 aliphatic heterocycles. The molecule has 0 aromatic heterocycles. The molecule has 0 aliphatic carbocycles. The van der Waals surface area contributed by atoms with Gasteiger partial charge in [0.25, 0.3) is 0 Å². The van der Waals surface area contributed by atoms with E-state index in [0.717, 1.165) is 38.5 Å². The highest BCUT2D eigenvalue weighted by molar-refractivity contribution is 5.76. The Morgan fingerprint density at radius 2 is 0.662 bits per heavy atom. The van der Waals surface area contributed by atoms with E-state index in [1.54, 1.807) is 6.08 Å². The number of hydrogen-bond donors (Lipinski definition) is 4. The first-order valence-electron chi connectivity index (χ1n) is 29.3. The third-order valence-corrected chi connectivity index (χ3v) is 13.7. The second kappa shape index (κ2) is 55.2. The summed E-state index contributed by atoms with van der Waals surface area (Å²) in [5.74, 6) is -0.325. The number of aliphatic hydroxyl groups is 3. The molecule has 0 rings (SSSR count). The van der Waals surface area contributed by atoms with Crippen LogP contribution in [0.2, 0.25) is 0 Å². The van der Waals surface area contributed by atoms with Gasteiger partial charge in [0.15, 0.2) is 0 Å². The number of carbonyl (C=O) groups excluding carboxylic acids is 1. The van der Waals surface area contributed by atoms with Crippen LogP contribution in [-0.2, 0) is 4.79 Å². The molecule has 3 unspecified atom stereocenters. The fourth-order valence-electron chi connectivity index (χ4n) is 9.20. The molecule has 0 spiro atoms. The summed E-state index contributed by atoms with van der Waals surface area (Å²) in [5, 5.41) is 33.4. The van der Waals surface area contributed by atoms with Crippen LogP contribution in [-0.4, -0.2) is 46.1 Å². The second-order valence-electron chi connectivity index (χ2n) is 20.2. The highest BCUT2D eigenvalue weighted by atomic mass is 16.3. The number of amides is 1. The summed E-state index contributed by atoms with van der Waals surface area (Å²) in [7, 11) is 0. The van der Waals surface area contributed by atoms with Crippen LogP contribution >= 0.6 is 0 Å². The third-order valence-electron chi connectivity index (χ3n) is 13.7. The van der Waals surface area contributed by atoms with E-state index in [-0.39, 0.29) is 18.9 Å². The van der Waals surface area contributed by atoms with Crippen molar-refractivity contribution in [3.8, 4) is 0 Å². The molecule has 384 valence electrons. The maximum Gasteiger partial charge on any atom is 0.222 e.